The van der Waals surface area contributed by atoms with Crippen LogP contribution in [-0.4, -0.2) is 21.1 Å². The lowest BCUT2D eigenvalue weighted by atomic mass is 10.1. The Balaban J connectivity index is 1.69. The Labute approximate surface area is 155 Å². The predicted octanol–water partition coefficient (Wildman–Crippen LogP) is 4.34. The molecule has 0 spiro atoms. The first kappa shape index (κ1) is 17.5. The molecule has 1 aromatic heterocycles. The van der Waals surface area contributed by atoms with Crippen molar-refractivity contribution < 1.29 is 4.79 Å². The highest BCUT2D eigenvalue weighted by Gasteiger charge is 2.25. The molecule has 0 saturated heterocycles. The van der Waals surface area contributed by atoms with E-state index in [9.17, 15) is 10.1 Å². The fourth-order valence-corrected chi connectivity index (χ4v) is 3.65. The number of fused-ring (bicyclic) bond motifs is 1. The summed E-state index contributed by atoms with van der Waals surface area (Å²) in [5.74, 6) is 0.490. The number of nitriles is 1. The second-order valence-electron chi connectivity index (χ2n) is 5.67. The molecule has 126 valence electrons. The molecular weight excluding hydrogens is 354 g/mol. The number of rotatable bonds is 6. The van der Waals surface area contributed by atoms with Crippen molar-refractivity contribution in [2.75, 3.05) is 5.75 Å². The standard InChI is InChI=1S/C19H16ClN3OS/c1-23-17-5-3-2-4-16(17)22-19(23)15(10-21)18(24)12-25-11-13-6-8-14(20)9-7-13/h2-9,15H,11-12H2,1H3. The van der Waals surface area contributed by atoms with Gasteiger partial charge in [-0.15, -0.1) is 11.8 Å². The van der Waals surface area contributed by atoms with E-state index >= 15 is 0 Å². The van der Waals surface area contributed by atoms with Crippen molar-refractivity contribution in [3.8, 4) is 6.07 Å². The number of para-hydroxylation sites is 2. The molecule has 2 aromatic carbocycles. The number of benzene rings is 2. The van der Waals surface area contributed by atoms with Crippen molar-refractivity contribution in [2.45, 2.75) is 11.7 Å². The average Bonchev–Trinajstić information content (AvgIpc) is 2.94. The van der Waals surface area contributed by atoms with Gasteiger partial charge >= 0.3 is 0 Å². The number of carbonyl (C=O) groups is 1. The number of nitrogens with zero attached hydrogens (tertiary/aromatic N) is 3. The van der Waals surface area contributed by atoms with Crippen LogP contribution >= 0.6 is 23.4 Å². The zero-order valence-corrected chi connectivity index (χ0v) is 15.2. The fraction of sp³-hybridized carbons (Fsp3) is 0.211. The third-order valence-corrected chi connectivity index (χ3v) is 5.24. The highest BCUT2D eigenvalue weighted by Crippen LogP contribution is 2.23. The molecule has 0 aliphatic carbocycles. The highest BCUT2D eigenvalue weighted by molar-refractivity contribution is 7.99. The first-order valence-corrected chi connectivity index (χ1v) is 9.29. The van der Waals surface area contributed by atoms with Crippen molar-refractivity contribution in [1.29, 1.82) is 5.26 Å². The minimum absolute atomic E-state index is 0.125. The average molecular weight is 370 g/mol. The van der Waals surface area contributed by atoms with Gasteiger partial charge in [0.1, 0.15) is 5.82 Å². The molecule has 6 heteroatoms. The molecule has 0 radical (unpaired) electrons. The number of hydrogen-bond donors (Lipinski definition) is 0. The number of thioether (sulfide) groups is 1. The molecule has 0 aliphatic rings. The van der Waals surface area contributed by atoms with Crippen molar-refractivity contribution in [2.24, 2.45) is 7.05 Å². The van der Waals surface area contributed by atoms with Gasteiger partial charge in [0.15, 0.2) is 11.7 Å². The summed E-state index contributed by atoms with van der Waals surface area (Å²) >= 11 is 7.36. The van der Waals surface area contributed by atoms with Gasteiger partial charge in [0.05, 0.1) is 22.9 Å². The predicted molar refractivity (Wildman–Crippen MR) is 102 cm³/mol. The summed E-state index contributed by atoms with van der Waals surface area (Å²) in [6.45, 7) is 0. The first-order valence-electron chi connectivity index (χ1n) is 7.76. The number of aromatic nitrogens is 2. The molecule has 3 rings (SSSR count). The van der Waals surface area contributed by atoms with E-state index in [1.54, 1.807) is 0 Å². The Hall–Kier alpha value is -2.29. The Morgan fingerprint density at radius 3 is 2.68 bits per heavy atom. The van der Waals surface area contributed by atoms with Gasteiger partial charge < -0.3 is 4.57 Å². The monoisotopic (exact) mass is 369 g/mol. The maximum absolute atomic E-state index is 12.5. The molecule has 0 amide bonds. The van der Waals surface area contributed by atoms with E-state index in [-0.39, 0.29) is 11.5 Å². The quantitative estimate of drug-likeness (QED) is 0.648. The van der Waals surface area contributed by atoms with E-state index in [0.717, 1.165) is 16.6 Å². The topological polar surface area (TPSA) is 58.7 Å². The van der Waals surface area contributed by atoms with Gasteiger partial charge in [-0.2, -0.15) is 5.26 Å². The van der Waals surface area contributed by atoms with Crippen LogP contribution in [0, 0.1) is 11.3 Å². The van der Waals surface area contributed by atoms with E-state index in [1.165, 1.54) is 11.8 Å². The number of aryl methyl sites for hydroxylation is 1. The molecule has 0 N–H and O–H groups in total. The summed E-state index contributed by atoms with van der Waals surface area (Å²) in [5, 5.41) is 10.2. The summed E-state index contributed by atoms with van der Waals surface area (Å²) in [6.07, 6.45) is 0. The van der Waals surface area contributed by atoms with Crippen molar-refractivity contribution in [3.05, 3.63) is 64.9 Å². The number of halogens is 1. The van der Waals surface area contributed by atoms with Crippen molar-refractivity contribution in [3.63, 3.8) is 0 Å². The second kappa shape index (κ2) is 7.73. The van der Waals surface area contributed by atoms with E-state index < -0.39 is 5.92 Å². The van der Waals surface area contributed by atoms with Crippen LogP contribution in [0.2, 0.25) is 5.02 Å². The van der Waals surface area contributed by atoms with Gasteiger partial charge in [0.25, 0.3) is 0 Å². The summed E-state index contributed by atoms with van der Waals surface area (Å²) in [7, 11) is 1.84. The van der Waals surface area contributed by atoms with Crippen molar-refractivity contribution >= 4 is 40.2 Å². The molecule has 0 saturated carbocycles. The third-order valence-electron chi connectivity index (χ3n) is 3.96. The summed E-state index contributed by atoms with van der Waals surface area (Å²) in [6, 6.07) is 17.3. The minimum atomic E-state index is -0.852. The molecule has 4 nitrogen and oxygen atoms in total. The number of ketones is 1. The van der Waals surface area contributed by atoms with Crippen LogP contribution in [0.25, 0.3) is 11.0 Å². The molecule has 0 fully saturated rings. The molecular formula is C19H16ClN3OS. The number of imidazole rings is 1. The van der Waals surface area contributed by atoms with E-state index in [2.05, 4.69) is 11.1 Å². The maximum atomic E-state index is 12.5. The smallest absolute Gasteiger partial charge is 0.167 e. The van der Waals surface area contributed by atoms with Crippen LogP contribution in [-0.2, 0) is 17.6 Å². The molecule has 0 bridgehead atoms. The number of hydrogen-bond acceptors (Lipinski definition) is 4. The Kier molecular flexibility index (Phi) is 5.42. The highest BCUT2D eigenvalue weighted by atomic mass is 35.5. The van der Waals surface area contributed by atoms with Crippen LogP contribution < -0.4 is 0 Å². The lowest BCUT2D eigenvalue weighted by Crippen LogP contribution is -2.17. The molecule has 3 aromatic rings. The van der Waals surface area contributed by atoms with Crippen LogP contribution in [0.4, 0.5) is 0 Å². The Bertz CT molecular complexity index is 943. The lowest BCUT2D eigenvalue weighted by molar-refractivity contribution is -0.117. The van der Waals surface area contributed by atoms with Gasteiger partial charge in [-0.3, -0.25) is 4.79 Å². The minimum Gasteiger partial charge on any atom is -0.330 e. The largest absolute Gasteiger partial charge is 0.330 e. The zero-order chi connectivity index (χ0) is 17.8. The van der Waals surface area contributed by atoms with Crippen LogP contribution in [0.3, 0.4) is 0 Å². The number of carbonyl (C=O) groups excluding carboxylic acids is 1. The summed E-state index contributed by atoms with van der Waals surface area (Å²) in [4.78, 5) is 17.0. The van der Waals surface area contributed by atoms with Gasteiger partial charge in [0.2, 0.25) is 0 Å². The van der Waals surface area contributed by atoms with Gasteiger partial charge in [0, 0.05) is 17.8 Å². The Morgan fingerprint density at radius 2 is 2.00 bits per heavy atom. The SMILES string of the molecule is Cn1c(C(C#N)C(=O)CSCc2ccc(Cl)cc2)nc2ccccc21. The third kappa shape index (κ3) is 3.87. The molecule has 0 aliphatic heterocycles. The van der Waals surface area contributed by atoms with E-state index in [0.29, 0.717) is 16.6 Å². The van der Waals surface area contributed by atoms with Crippen LogP contribution in [0.15, 0.2) is 48.5 Å². The van der Waals surface area contributed by atoms with Crippen molar-refractivity contribution in [1.82, 2.24) is 9.55 Å². The van der Waals surface area contributed by atoms with Crippen LogP contribution in [0.1, 0.15) is 17.3 Å². The van der Waals surface area contributed by atoms with Gasteiger partial charge in [-0.25, -0.2) is 4.98 Å². The van der Waals surface area contributed by atoms with Gasteiger partial charge in [-0.05, 0) is 29.8 Å². The lowest BCUT2D eigenvalue weighted by Gasteiger charge is -2.08. The molecule has 1 atom stereocenters. The summed E-state index contributed by atoms with van der Waals surface area (Å²) in [5.41, 5.74) is 2.81. The maximum Gasteiger partial charge on any atom is 0.167 e. The Morgan fingerprint density at radius 1 is 1.28 bits per heavy atom. The molecule has 25 heavy (non-hydrogen) atoms. The van der Waals surface area contributed by atoms with Gasteiger partial charge in [-0.1, -0.05) is 35.9 Å². The zero-order valence-electron chi connectivity index (χ0n) is 13.6. The normalized spacial score (nSPS) is 12.0. The molecule has 1 heterocycles. The molecule has 1 unspecified atom stereocenters. The summed E-state index contributed by atoms with van der Waals surface area (Å²) < 4.78 is 1.82. The second-order valence-corrected chi connectivity index (χ2v) is 7.09. The van der Waals surface area contributed by atoms with E-state index in [1.807, 2.05) is 60.1 Å². The van der Waals surface area contributed by atoms with E-state index in [4.69, 9.17) is 11.6 Å². The van der Waals surface area contributed by atoms with Crippen LogP contribution in [0.5, 0.6) is 0 Å². The number of Topliss-reactive ketones (excluding diaryl/α,β-unsaturated/α-hetero) is 1. The fourth-order valence-electron chi connectivity index (χ4n) is 2.63. The first-order chi connectivity index (χ1) is 12.1.